The first kappa shape index (κ1) is 29.0. The molecule has 0 aliphatic heterocycles. The predicted octanol–water partition coefficient (Wildman–Crippen LogP) is 10.9. The fourth-order valence-corrected chi connectivity index (χ4v) is 6.53. The summed E-state index contributed by atoms with van der Waals surface area (Å²) in [7, 11) is 0. The first-order chi connectivity index (χ1) is 23.6. The van der Waals surface area contributed by atoms with Gasteiger partial charge >= 0.3 is 0 Å². The molecule has 0 bridgehead atoms. The Balaban J connectivity index is 1.36. The summed E-state index contributed by atoms with van der Waals surface area (Å²) in [6, 6.07) is 44.2. The number of benzene rings is 4. The molecule has 4 aromatic heterocycles. The minimum Gasteiger partial charge on any atom is -0.299 e. The molecule has 0 spiro atoms. The standard InChI is InChI=1S/C43H31N5/c1-4-29-27-37(36-18-12-21-45-42(36)40(29)44-3)34-24-33(25-35(26-34)38-19-10-13-28(2)46-38)31-16-11-17-32(23-31)41-43(30-14-6-5-7-15-30)48-22-9-8-20-39(48)47-41/h4-27H,1,3H2,2H3. The lowest BCUT2D eigenvalue weighted by molar-refractivity contribution is 1.19. The molecular weight excluding hydrogens is 587 g/mol. The number of hydrogen-bond acceptors (Lipinski definition) is 4. The molecule has 5 nitrogen and oxygen atoms in total. The minimum absolute atomic E-state index is 0.732. The number of aryl methyl sites for hydroxylation is 1. The molecule has 4 heterocycles. The molecule has 5 heteroatoms. The van der Waals surface area contributed by atoms with Crippen molar-refractivity contribution < 1.29 is 0 Å². The Morgan fingerprint density at radius 2 is 1.42 bits per heavy atom. The first-order valence-electron chi connectivity index (χ1n) is 15.8. The zero-order valence-electron chi connectivity index (χ0n) is 26.5. The molecule has 0 fully saturated rings. The number of aromatic nitrogens is 4. The molecule has 0 aliphatic rings. The number of pyridine rings is 3. The van der Waals surface area contributed by atoms with E-state index in [1.54, 1.807) is 6.20 Å². The van der Waals surface area contributed by atoms with Crippen LogP contribution in [0.1, 0.15) is 11.3 Å². The summed E-state index contributed by atoms with van der Waals surface area (Å²) in [5.74, 6) is 0. The van der Waals surface area contributed by atoms with E-state index in [9.17, 15) is 0 Å². The van der Waals surface area contributed by atoms with Crippen molar-refractivity contribution in [2.45, 2.75) is 6.92 Å². The number of imidazole rings is 1. The molecule has 0 saturated heterocycles. The van der Waals surface area contributed by atoms with Crippen LogP contribution in [0, 0.1) is 6.92 Å². The highest BCUT2D eigenvalue weighted by Crippen LogP contribution is 2.41. The van der Waals surface area contributed by atoms with E-state index in [-0.39, 0.29) is 0 Å². The molecule has 0 N–H and O–H groups in total. The van der Waals surface area contributed by atoms with Crippen molar-refractivity contribution >= 4 is 35.0 Å². The summed E-state index contributed by atoms with van der Waals surface area (Å²) >= 11 is 0. The second-order valence-electron chi connectivity index (χ2n) is 11.8. The van der Waals surface area contributed by atoms with E-state index in [1.807, 2.05) is 49.4 Å². The Morgan fingerprint density at radius 1 is 0.667 bits per heavy atom. The summed E-state index contributed by atoms with van der Waals surface area (Å²) in [5, 5.41) is 0.997. The van der Waals surface area contributed by atoms with Crippen LogP contribution in [0.15, 0.2) is 151 Å². The zero-order valence-corrected chi connectivity index (χ0v) is 26.5. The van der Waals surface area contributed by atoms with Crippen molar-refractivity contribution in [1.82, 2.24) is 19.4 Å². The fourth-order valence-electron chi connectivity index (χ4n) is 6.53. The molecule has 8 aromatic rings. The number of hydrogen-bond donors (Lipinski definition) is 0. The summed E-state index contributed by atoms with van der Waals surface area (Å²) in [4.78, 5) is 19.1. The molecule has 0 unspecified atom stereocenters. The highest BCUT2D eigenvalue weighted by Gasteiger charge is 2.18. The van der Waals surface area contributed by atoms with Crippen molar-refractivity contribution in [3.8, 4) is 56.0 Å². The maximum Gasteiger partial charge on any atom is 0.137 e. The Hall–Kier alpha value is -6.46. The van der Waals surface area contributed by atoms with Crippen LogP contribution in [0.3, 0.4) is 0 Å². The van der Waals surface area contributed by atoms with Crippen LogP contribution >= 0.6 is 0 Å². The first-order valence-corrected chi connectivity index (χ1v) is 15.8. The molecule has 0 atom stereocenters. The third-order valence-electron chi connectivity index (χ3n) is 8.75. The molecule has 0 saturated carbocycles. The van der Waals surface area contributed by atoms with Crippen molar-refractivity contribution in [2.24, 2.45) is 4.99 Å². The van der Waals surface area contributed by atoms with E-state index in [0.717, 1.165) is 89.5 Å². The Kier molecular flexibility index (Phi) is 7.27. The summed E-state index contributed by atoms with van der Waals surface area (Å²) in [5.41, 5.74) is 14.6. The largest absolute Gasteiger partial charge is 0.299 e. The molecule has 228 valence electrons. The second-order valence-corrected chi connectivity index (χ2v) is 11.8. The fraction of sp³-hybridized carbons (Fsp3) is 0.0233. The number of fused-ring (bicyclic) bond motifs is 2. The number of rotatable bonds is 7. The Bertz CT molecular complexity index is 2510. The predicted molar refractivity (Wildman–Crippen MR) is 200 cm³/mol. The van der Waals surface area contributed by atoms with Gasteiger partial charge in [0.1, 0.15) is 5.65 Å². The van der Waals surface area contributed by atoms with Gasteiger partial charge < -0.3 is 0 Å². The van der Waals surface area contributed by atoms with Crippen LogP contribution in [-0.2, 0) is 0 Å². The van der Waals surface area contributed by atoms with Gasteiger partial charge in [-0.25, -0.2) is 4.98 Å². The average Bonchev–Trinajstić information content (AvgIpc) is 3.54. The Morgan fingerprint density at radius 3 is 2.25 bits per heavy atom. The highest BCUT2D eigenvalue weighted by atomic mass is 15.0. The van der Waals surface area contributed by atoms with Crippen molar-refractivity contribution in [3.05, 3.63) is 158 Å². The van der Waals surface area contributed by atoms with Crippen LogP contribution in [0.5, 0.6) is 0 Å². The van der Waals surface area contributed by atoms with Crippen molar-refractivity contribution in [1.29, 1.82) is 0 Å². The molecule has 0 aliphatic carbocycles. The SMILES string of the molecule is C=Cc1cc(-c2cc(-c3cccc(-c4nc5ccccn5c4-c4ccccc4)c3)cc(-c3cccc(C)n3)c2)c2cccnc2c1N=C. The van der Waals surface area contributed by atoms with Gasteiger partial charge in [0.2, 0.25) is 0 Å². The lowest BCUT2D eigenvalue weighted by atomic mass is 9.90. The van der Waals surface area contributed by atoms with Crippen LogP contribution in [0.2, 0.25) is 0 Å². The summed E-state index contributed by atoms with van der Waals surface area (Å²) in [6.07, 6.45) is 5.68. The van der Waals surface area contributed by atoms with Gasteiger partial charge in [0.25, 0.3) is 0 Å². The van der Waals surface area contributed by atoms with Gasteiger partial charge in [0.15, 0.2) is 0 Å². The second kappa shape index (κ2) is 12.0. The average molecular weight is 618 g/mol. The van der Waals surface area contributed by atoms with Crippen molar-refractivity contribution in [3.63, 3.8) is 0 Å². The topological polar surface area (TPSA) is 55.4 Å². The van der Waals surface area contributed by atoms with E-state index in [0.29, 0.717) is 0 Å². The van der Waals surface area contributed by atoms with Gasteiger partial charge in [0, 0.05) is 45.7 Å². The number of nitrogens with zero attached hydrogens (tertiary/aromatic N) is 5. The minimum atomic E-state index is 0.732. The van der Waals surface area contributed by atoms with E-state index >= 15 is 0 Å². The van der Waals surface area contributed by atoms with Gasteiger partial charge in [-0.15, -0.1) is 0 Å². The van der Waals surface area contributed by atoms with Crippen LogP contribution in [0.25, 0.3) is 78.7 Å². The van der Waals surface area contributed by atoms with E-state index < -0.39 is 0 Å². The third-order valence-corrected chi connectivity index (χ3v) is 8.75. The monoisotopic (exact) mass is 617 g/mol. The smallest absolute Gasteiger partial charge is 0.137 e. The quantitative estimate of drug-likeness (QED) is 0.167. The molecule has 48 heavy (non-hydrogen) atoms. The van der Waals surface area contributed by atoms with E-state index in [4.69, 9.17) is 15.0 Å². The van der Waals surface area contributed by atoms with Gasteiger partial charge in [-0.2, -0.15) is 0 Å². The lowest BCUT2D eigenvalue weighted by Crippen LogP contribution is -1.92. The van der Waals surface area contributed by atoms with Gasteiger partial charge in [0.05, 0.1) is 28.3 Å². The van der Waals surface area contributed by atoms with Crippen LogP contribution in [-0.4, -0.2) is 26.1 Å². The third kappa shape index (κ3) is 5.08. The van der Waals surface area contributed by atoms with Crippen molar-refractivity contribution in [2.75, 3.05) is 0 Å². The lowest BCUT2D eigenvalue weighted by Gasteiger charge is -2.15. The molecule has 4 aromatic carbocycles. The maximum absolute atomic E-state index is 5.13. The van der Waals surface area contributed by atoms with Crippen LogP contribution < -0.4 is 0 Å². The molecule has 0 amide bonds. The Labute approximate surface area is 279 Å². The van der Waals surface area contributed by atoms with Gasteiger partial charge in [-0.3, -0.25) is 19.4 Å². The van der Waals surface area contributed by atoms with Crippen LogP contribution in [0.4, 0.5) is 5.69 Å². The van der Waals surface area contributed by atoms with Gasteiger partial charge in [-0.05, 0) is 96.6 Å². The maximum atomic E-state index is 5.13. The van der Waals surface area contributed by atoms with Gasteiger partial charge in [-0.1, -0.05) is 79.4 Å². The number of aliphatic imine (C=N–C) groups is 1. The zero-order chi connectivity index (χ0) is 32.6. The van der Waals surface area contributed by atoms with E-state index in [1.165, 1.54) is 0 Å². The van der Waals surface area contributed by atoms with E-state index in [2.05, 4.69) is 120 Å². The molecule has 8 rings (SSSR count). The summed E-state index contributed by atoms with van der Waals surface area (Å²) < 4.78 is 2.16. The highest BCUT2D eigenvalue weighted by molar-refractivity contribution is 6.04. The molecular formula is C43H31N5. The molecule has 0 radical (unpaired) electrons. The summed E-state index contributed by atoms with van der Waals surface area (Å²) in [6.45, 7) is 9.92. The normalized spacial score (nSPS) is 11.2.